The van der Waals surface area contributed by atoms with E-state index >= 15 is 0 Å². The number of fused-ring (bicyclic) bond motifs is 1. The summed E-state index contributed by atoms with van der Waals surface area (Å²) in [6.45, 7) is 5.88. The van der Waals surface area contributed by atoms with Crippen molar-refractivity contribution in [2.45, 2.75) is 59.5 Å². The molecule has 2 heterocycles. The number of rotatable bonds is 5. The first-order chi connectivity index (χ1) is 11.5. The van der Waals surface area contributed by atoms with Crippen molar-refractivity contribution >= 4 is 23.0 Å². The van der Waals surface area contributed by atoms with Crippen molar-refractivity contribution in [2.75, 3.05) is 0 Å². The number of nitrogens with one attached hydrogen (secondary N) is 1. The summed E-state index contributed by atoms with van der Waals surface area (Å²) in [6, 6.07) is 0. The van der Waals surface area contributed by atoms with Crippen LogP contribution in [0, 0.1) is 13.8 Å². The number of hydrogen-bond acceptors (Lipinski definition) is 4. The van der Waals surface area contributed by atoms with Crippen molar-refractivity contribution in [3.8, 4) is 0 Å². The molecule has 1 N–H and O–H groups in total. The molecular weight excluding hydrogens is 322 g/mol. The van der Waals surface area contributed by atoms with E-state index in [1.165, 1.54) is 42.2 Å². The molecule has 0 atom stereocenters. The second-order valence-electron chi connectivity index (χ2n) is 6.41. The van der Waals surface area contributed by atoms with E-state index < -0.39 is 0 Å². The van der Waals surface area contributed by atoms with Crippen molar-refractivity contribution in [3.63, 3.8) is 0 Å². The van der Waals surface area contributed by atoms with Crippen LogP contribution < -0.4 is 5.32 Å². The highest BCUT2D eigenvalue weighted by Gasteiger charge is 2.18. The molecule has 0 aliphatic heterocycles. The third kappa shape index (κ3) is 3.29. The van der Waals surface area contributed by atoms with Gasteiger partial charge < -0.3 is 5.32 Å². The van der Waals surface area contributed by atoms with Crippen molar-refractivity contribution in [2.24, 2.45) is 0 Å². The second kappa shape index (κ2) is 6.89. The van der Waals surface area contributed by atoms with Gasteiger partial charge in [-0.15, -0.1) is 11.3 Å². The lowest BCUT2D eigenvalue weighted by atomic mass is 9.96. The maximum absolute atomic E-state index is 12.3. The first kappa shape index (κ1) is 16.9. The number of amides is 1. The summed E-state index contributed by atoms with van der Waals surface area (Å²) in [5, 5.41) is 9.49. The van der Waals surface area contributed by atoms with Crippen LogP contribution >= 0.6 is 11.3 Å². The Labute approximate surface area is 146 Å². The lowest BCUT2D eigenvalue weighted by molar-refractivity contribution is -0.122. The summed E-state index contributed by atoms with van der Waals surface area (Å²) in [5.41, 5.74) is 4.75. The molecule has 2 aromatic rings. The molecule has 3 rings (SSSR count). The van der Waals surface area contributed by atoms with Gasteiger partial charge in [-0.2, -0.15) is 5.10 Å². The summed E-state index contributed by atoms with van der Waals surface area (Å²) in [5.74, 6) is -0.0898. The van der Waals surface area contributed by atoms with Crippen molar-refractivity contribution in [1.82, 2.24) is 15.1 Å². The zero-order chi connectivity index (χ0) is 17.3. The summed E-state index contributed by atoms with van der Waals surface area (Å²) >= 11 is 1.81. The van der Waals surface area contributed by atoms with Crippen LogP contribution in [0.5, 0.6) is 0 Å². The standard InChI is InChI=1S/C18H23N3O2S/c1-11-18(13(3)22)12(2)21(20-11)9-17(23)19-8-14-10-24-16-7-5-4-6-15(14)16/h10H,4-9H2,1-3H3,(H,19,23). The van der Waals surface area contributed by atoms with Crippen LogP contribution in [0.4, 0.5) is 0 Å². The Morgan fingerprint density at radius 3 is 2.75 bits per heavy atom. The number of nitrogens with zero attached hydrogens (tertiary/aromatic N) is 2. The molecule has 6 heteroatoms. The Morgan fingerprint density at radius 2 is 2.04 bits per heavy atom. The van der Waals surface area contributed by atoms with E-state index in [2.05, 4.69) is 15.8 Å². The number of thiophene rings is 1. The molecular formula is C18H23N3O2S. The molecule has 5 nitrogen and oxygen atoms in total. The number of aromatic nitrogens is 2. The molecule has 1 aliphatic carbocycles. The van der Waals surface area contributed by atoms with E-state index in [4.69, 9.17) is 0 Å². The summed E-state index contributed by atoms with van der Waals surface area (Å²) in [6.07, 6.45) is 4.82. The topological polar surface area (TPSA) is 64.0 Å². The molecule has 0 bridgehead atoms. The van der Waals surface area contributed by atoms with Gasteiger partial charge in [0.2, 0.25) is 5.91 Å². The monoisotopic (exact) mass is 345 g/mol. The van der Waals surface area contributed by atoms with Crippen LogP contribution in [-0.2, 0) is 30.7 Å². The number of aryl methyl sites for hydroxylation is 2. The van der Waals surface area contributed by atoms with E-state index in [1.54, 1.807) is 11.6 Å². The predicted molar refractivity (Wildman–Crippen MR) is 94.5 cm³/mol. The number of carbonyl (C=O) groups excluding carboxylic acids is 2. The molecule has 0 spiro atoms. The van der Waals surface area contributed by atoms with Crippen LogP contribution in [0.1, 0.15) is 57.5 Å². The smallest absolute Gasteiger partial charge is 0.242 e. The lowest BCUT2D eigenvalue weighted by Crippen LogP contribution is -2.28. The number of hydrogen-bond donors (Lipinski definition) is 1. The van der Waals surface area contributed by atoms with E-state index in [-0.39, 0.29) is 18.2 Å². The SMILES string of the molecule is CC(=O)c1c(C)nn(CC(=O)NCc2csc3c2CCCC3)c1C. The molecule has 1 aliphatic rings. The molecule has 0 aromatic carbocycles. The van der Waals surface area contributed by atoms with Gasteiger partial charge in [0.15, 0.2) is 5.78 Å². The van der Waals surface area contributed by atoms with Gasteiger partial charge in [-0.25, -0.2) is 0 Å². The first-order valence-electron chi connectivity index (χ1n) is 8.37. The summed E-state index contributed by atoms with van der Waals surface area (Å²) < 4.78 is 1.62. The van der Waals surface area contributed by atoms with Crippen molar-refractivity contribution in [3.05, 3.63) is 38.3 Å². The molecule has 128 valence electrons. The predicted octanol–water partition coefficient (Wildman–Crippen LogP) is 2.96. The minimum Gasteiger partial charge on any atom is -0.350 e. The average molecular weight is 345 g/mol. The molecule has 24 heavy (non-hydrogen) atoms. The Morgan fingerprint density at radius 1 is 1.29 bits per heavy atom. The number of carbonyl (C=O) groups is 2. The van der Waals surface area contributed by atoms with E-state index in [0.29, 0.717) is 17.8 Å². The van der Waals surface area contributed by atoms with Crippen LogP contribution in [-0.4, -0.2) is 21.5 Å². The zero-order valence-electron chi connectivity index (χ0n) is 14.4. The van der Waals surface area contributed by atoms with Gasteiger partial charge >= 0.3 is 0 Å². The van der Waals surface area contributed by atoms with Gasteiger partial charge in [-0.3, -0.25) is 14.3 Å². The highest BCUT2D eigenvalue weighted by molar-refractivity contribution is 7.10. The molecule has 0 radical (unpaired) electrons. The van der Waals surface area contributed by atoms with Crippen LogP contribution in [0.2, 0.25) is 0 Å². The molecule has 0 fully saturated rings. The minimum absolute atomic E-state index is 0.0124. The van der Waals surface area contributed by atoms with Gasteiger partial charge in [0.1, 0.15) is 6.54 Å². The zero-order valence-corrected chi connectivity index (χ0v) is 15.3. The van der Waals surface area contributed by atoms with E-state index in [9.17, 15) is 9.59 Å². The number of ketones is 1. The van der Waals surface area contributed by atoms with Gasteiger partial charge in [-0.1, -0.05) is 0 Å². The molecule has 0 saturated heterocycles. The number of Topliss-reactive ketones (excluding diaryl/α,β-unsaturated/α-hetero) is 1. The minimum atomic E-state index is -0.0774. The maximum Gasteiger partial charge on any atom is 0.242 e. The molecule has 1 amide bonds. The lowest BCUT2D eigenvalue weighted by Gasteiger charge is -2.13. The molecule has 0 unspecified atom stereocenters. The van der Waals surface area contributed by atoms with E-state index in [1.807, 2.05) is 18.3 Å². The van der Waals surface area contributed by atoms with Crippen molar-refractivity contribution < 1.29 is 9.59 Å². The normalized spacial score (nSPS) is 13.6. The highest BCUT2D eigenvalue weighted by atomic mass is 32.1. The Bertz CT molecular complexity index is 789. The fourth-order valence-electron chi connectivity index (χ4n) is 3.46. The van der Waals surface area contributed by atoms with Crippen LogP contribution in [0.25, 0.3) is 0 Å². The Hall–Kier alpha value is -1.95. The summed E-state index contributed by atoms with van der Waals surface area (Å²) in [4.78, 5) is 25.4. The van der Waals surface area contributed by atoms with Gasteiger partial charge in [-0.05, 0) is 63.0 Å². The fraction of sp³-hybridized carbons (Fsp3) is 0.500. The third-order valence-corrected chi connectivity index (χ3v) is 5.79. The quantitative estimate of drug-likeness (QED) is 0.848. The highest BCUT2D eigenvalue weighted by Crippen LogP contribution is 2.30. The summed E-state index contributed by atoms with van der Waals surface area (Å²) in [7, 11) is 0. The average Bonchev–Trinajstić information content (AvgIpc) is 3.06. The van der Waals surface area contributed by atoms with Gasteiger partial charge in [0.05, 0.1) is 11.3 Å². The third-order valence-electron chi connectivity index (χ3n) is 4.65. The molecule has 2 aromatic heterocycles. The first-order valence-corrected chi connectivity index (χ1v) is 9.25. The molecule has 0 saturated carbocycles. The largest absolute Gasteiger partial charge is 0.350 e. The van der Waals surface area contributed by atoms with Crippen LogP contribution in [0.15, 0.2) is 5.38 Å². The second-order valence-corrected chi connectivity index (χ2v) is 7.37. The Kier molecular flexibility index (Phi) is 4.85. The van der Waals surface area contributed by atoms with Crippen molar-refractivity contribution in [1.29, 1.82) is 0 Å². The maximum atomic E-state index is 12.3. The Balaban J connectivity index is 1.63. The fourth-order valence-corrected chi connectivity index (χ4v) is 4.60. The van der Waals surface area contributed by atoms with Crippen LogP contribution in [0.3, 0.4) is 0 Å². The van der Waals surface area contributed by atoms with E-state index in [0.717, 1.165) is 12.1 Å². The van der Waals surface area contributed by atoms with Gasteiger partial charge in [0.25, 0.3) is 0 Å². The van der Waals surface area contributed by atoms with Gasteiger partial charge in [0, 0.05) is 17.1 Å².